The number of para-hydroxylation sites is 1. The fraction of sp³-hybridized carbons (Fsp3) is 0.238. The lowest BCUT2D eigenvalue weighted by atomic mass is 10.0. The highest BCUT2D eigenvalue weighted by atomic mass is 19.3. The van der Waals surface area contributed by atoms with E-state index >= 15 is 0 Å². The minimum atomic E-state index is -2.90. The number of nitriles is 1. The predicted molar refractivity (Wildman–Crippen MR) is 100 cm³/mol. The fourth-order valence-electron chi connectivity index (χ4n) is 2.64. The van der Waals surface area contributed by atoms with Crippen molar-refractivity contribution in [2.75, 3.05) is 5.32 Å². The zero-order chi connectivity index (χ0) is 19.8. The first-order valence-corrected chi connectivity index (χ1v) is 8.57. The van der Waals surface area contributed by atoms with Crippen molar-refractivity contribution in [3.05, 3.63) is 64.7 Å². The average Bonchev–Trinajstić information content (AvgIpc) is 2.66. The highest BCUT2D eigenvalue weighted by Crippen LogP contribution is 2.23. The van der Waals surface area contributed by atoms with Crippen LogP contribution in [0.25, 0.3) is 6.08 Å². The molecule has 0 unspecified atom stereocenters. The maximum Gasteiger partial charge on any atom is 0.387 e. The quantitative estimate of drug-likeness (QED) is 0.554. The molecule has 0 fully saturated rings. The van der Waals surface area contributed by atoms with Gasteiger partial charge in [0.2, 0.25) is 0 Å². The predicted octanol–water partition coefficient (Wildman–Crippen LogP) is 4.96. The number of carbonyl (C=O) groups is 1. The molecular formula is C21H20F2N2O2. The van der Waals surface area contributed by atoms with Crippen LogP contribution in [-0.2, 0) is 17.6 Å². The second kappa shape index (κ2) is 9.48. The number of carbonyl (C=O) groups excluding carboxylic acids is 1. The van der Waals surface area contributed by atoms with E-state index in [1.54, 1.807) is 0 Å². The summed E-state index contributed by atoms with van der Waals surface area (Å²) in [5, 5.41) is 12.2. The molecule has 27 heavy (non-hydrogen) atoms. The molecule has 1 amide bonds. The Morgan fingerprint density at radius 2 is 1.74 bits per heavy atom. The van der Waals surface area contributed by atoms with Gasteiger partial charge in [-0.05, 0) is 47.7 Å². The van der Waals surface area contributed by atoms with E-state index in [-0.39, 0.29) is 11.3 Å². The minimum absolute atomic E-state index is 0.00886. The van der Waals surface area contributed by atoms with Crippen molar-refractivity contribution in [3.63, 3.8) is 0 Å². The first-order chi connectivity index (χ1) is 13.0. The van der Waals surface area contributed by atoms with Crippen LogP contribution in [0, 0.1) is 11.3 Å². The molecule has 1 N–H and O–H groups in total. The summed E-state index contributed by atoms with van der Waals surface area (Å²) < 4.78 is 28.7. The third-order valence-electron chi connectivity index (χ3n) is 4.02. The summed E-state index contributed by atoms with van der Waals surface area (Å²) in [6, 6.07) is 13.4. The molecule has 0 radical (unpaired) electrons. The first kappa shape index (κ1) is 20.1. The summed E-state index contributed by atoms with van der Waals surface area (Å²) in [7, 11) is 0. The molecule has 0 aromatic heterocycles. The number of benzene rings is 2. The second-order valence-electron chi connectivity index (χ2n) is 5.73. The number of amides is 1. The number of aryl methyl sites for hydroxylation is 2. The zero-order valence-electron chi connectivity index (χ0n) is 15.1. The number of halogens is 2. The molecule has 2 aromatic carbocycles. The van der Waals surface area contributed by atoms with E-state index in [9.17, 15) is 18.8 Å². The first-order valence-electron chi connectivity index (χ1n) is 8.57. The molecule has 0 bridgehead atoms. The van der Waals surface area contributed by atoms with Crippen LogP contribution in [0.15, 0.2) is 48.0 Å². The molecule has 0 aliphatic heterocycles. The highest BCUT2D eigenvalue weighted by Gasteiger charge is 2.14. The van der Waals surface area contributed by atoms with Crippen molar-refractivity contribution in [2.45, 2.75) is 33.3 Å². The van der Waals surface area contributed by atoms with E-state index < -0.39 is 12.5 Å². The molecule has 0 aliphatic rings. The van der Waals surface area contributed by atoms with Crippen molar-refractivity contribution in [2.24, 2.45) is 0 Å². The number of rotatable bonds is 7. The van der Waals surface area contributed by atoms with Crippen molar-refractivity contribution < 1.29 is 18.3 Å². The smallest absolute Gasteiger partial charge is 0.387 e. The molecule has 4 nitrogen and oxygen atoms in total. The number of anilines is 1. The number of ether oxygens (including phenoxy) is 1. The molecule has 140 valence electrons. The normalized spacial score (nSPS) is 11.2. The number of hydrogen-bond acceptors (Lipinski definition) is 3. The molecular weight excluding hydrogens is 350 g/mol. The summed E-state index contributed by atoms with van der Waals surface area (Å²) in [6.45, 7) is 1.08. The van der Waals surface area contributed by atoms with E-state index in [1.165, 1.54) is 30.3 Å². The monoisotopic (exact) mass is 370 g/mol. The van der Waals surface area contributed by atoms with Gasteiger partial charge in [-0.1, -0.05) is 44.2 Å². The van der Waals surface area contributed by atoms with E-state index in [2.05, 4.69) is 10.1 Å². The molecule has 0 spiro atoms. The van der Waals surface area contributed by atoms with E-state index in [4.69, 9.17) is 0 Å². The van der Waals surface area contributed by atoms with Crippen molar-refractivity contribution >= 4 is 17.7 Å². The summed E-state index contributed by atoms with van der Waals surface area (Å²) in [5.41, 5.74) is 3.17. The van der Waals surface area contributed by atoms with E-state index in [1.807, 2.05) is 38.1 Å². The molecule has 0 saturated carbocycles. The Bertz CT molecular complexity index is 846. The Hall–Kier alpha value is -3.20. The standard InChI is InChI=1S/C21H20F2N2O2/c1-3-15-6-5-7-16(4-2)19(15)25-20(26)17(13-24)12-14-8-10-18(11-9-14)27-21(22)23/h5-12,21H,3-4H2,1-2H3,(H,25,26)/b17-12+. The Labute approximate surface area is 157 Å². The maximum absolute atomic E-state index is 12.6. The van der Waals surface area contributed by atoms with E-state index in [0.717, 1.165) is 29.7 Å². The fourth-order valence-corrected chi connectivity index (χ4v) is 2.64. The summed E-state index contributed by atoms with van der Waals surface area (Å²) in [6.07, 6.45) is 2.91. The third-order valence-corrected chi connectivity index (χ3v) is 4.02. The molecule has 0 aliphatic carbocycles. The summed E-state index contributed by atoms with van der Waals surface area (Å²) in [5.74, 6) is -0.504. The molecule has 0 atom stereocenters. The van der Waals surface area contributed by atoms with Gasteiger partial charge in [0.05, 0.1) is 0 Å². The second-order valence-corrected chi connectivity index (χ2v) is 5.73. The third kappa shape index (κ3) is 5.38. The Morgan fingerprint density at radius 1 is 1.15 bits per heavy atom. The number of hydrogen-bond donors (Lipinski definition) is 1. The number of alkyl halides is 2. The maximum atomic E-state index is 12.6. The number of nitrogens with one attached hydrogen (secondary N) is 1. The number of nitrogens with zero attached hydrogens (tertiary/aromatic N) is 1. The zero-order valence-corrected chi connectivity index (χ0v) is 15.1. The van der Waals surface area contributed by atoms with Crippen molar-refractivity contribution in [1.29, 1.82) is 5.26 Å². The van der Waals surface area contributed by atoms with Gasteiger partial charge < -0.3 is 10.1 Å². The highest BCUT2D eigenvalue weighted by molar-refractivity contribution is 6.10. The van der Waals surface area contributed by atoms with Crippen LogP contribution >= 0.6 is 0 Å². The molecule has 6 heteroatoms. The average molecular weight is 370 g/mol. The van der Waals surface area contributed by atoms with Gasteiger partial charge >= 0.3 is 6.61 Å². The van der Waals surface area contributed by atoms with Crippen molar-refractivity contribution in [1.82, 2.24) is 0 Å². The molecule has 2 aromatic rings. The lowest BCUT2D eigenvalue weighted by Crippen LogP contribution is -2.16. The van der Waals surface area contributed by atoms with Crippen LogP contribution in [0.2, 0.25) is 0 Å². The van der Waals surface area contributed by atoms with Crippen LogP contribution in [0.3, 0.4) is 0 Å². The topological polar surface area (TPSA) is 62.1 Å². The van der Waals surface area contributed by atoms with Crippen LogP contribution in [0.4, 0.5) is 14.5 Å². The van der Waals surface area contributed by atoms with Gasteiger partial charge in [-0.25, -0.2) is 0 Å². The largest absolute Gasteiger partial charge is 0.435 e. The SMILES string of the molecule is CCc1cccc(CC)c1NC(=O)/C(C#N)=C/c1ccc(OC(F)F)cc1. The van der Waals surface area contributed by atoms with Gasteiger partial charge in [-0.15, -0.1) is 0 Å². The van der Waals surface area contributed by atoms with Gasteiger partial charge in [-0.3, -0.25) is 4.79 Å². The van der Waals surface area contributed by atoms with Gasteiger partial charge in [0.25, 0.3) is 5.91 Å². The van der Waals surface area contributed by atoms with Gasteiger partial charge in [0, 0.05) is 5.69 Å². The van der Waals surface area contributed by atoms with E-state index in [0.29, 0.717) is 5.56 Å². The molecule has 2 rings (SSSR count). The van der Waals surface area contributed by atoms with Crippen LogP contribution < -0.4 is 10.1 Å². The minimum Gasteiger partial charge on any atom is -0.435 e. The van der Waals surface area contributed by atoms with Crippen LogP contribution in [-0.4, -0.2) is 12.5 Å². The summed E-state index contributed by atoms with van der Waals surface area (Å²) >= 11 is 0. The lowest BCUT2D eigenvalue weighted by Gasteiger charge is -2.14. The lowest BCUT2D eigenvalue weighted by molar-refractivity contribution is -0.112. The van der Waals surface area contributed by atoms with Crippen molar-refractivity contribution in [3.8, 4) is 11.8 Å². The van der Waals surface area contributed by atoms with Gasteiger partial charge in [-0.2, -0.15) is 14.0 Å². The van der Waals surface area contributed by atoms with Gasteiger partial charge in [0.15, 0.2) is 0 Å². The Balaban J connectivity index is 2.24. The van der Waals surface area contributed by atoms with Crippen LogP contribution in [0.1, 0.15) is 30.5 Å². The van der Waals surface area contributed by atoms with Gasteiger partial charge in [0.1, 0.15) is 17.4 Å². The molecule has 0 heterocycles. The van der Waals surface area contributed by atoms with Crippen LogP contribution in [0.5, 0.6) is 5.75 Å². The Kier molecular flexibility index (Phi) is 7.07. The Morgan fingerprint density at radius 3 is 2.22 bits per heavy atom. The summed E-state index contributed by atoms with van der Waals surface area (Å²) in [4.78, 5) is 12.6. The molecule has 0 saturated heterocycles.